The molecule has 184 valence electrons. The van der Waals surface area contributed by atoms with Crippen LogP contribution in [-0.2, 0) is 27.8 Å². The number of hydrogen-bond acceptors (Lipinski definition) is 5. The molecule has 4 rings (SSSR count). The molecule has 0 saturated carbocycles. The van der Waals surface area contributed by atoms with Crippen molar-refractivity contribution in [1.82, 2.24) is 9.29 Å². The minimum absolute atomic E-state index is 0.0208. The zero-order valence-electron chi connectivity index (χ0n) is 19.4. The predicted molar refractivity (Wildman–Crippen MR) is 142 cm³/mol. The SMILES string of the molecule is CC(=O)NS(=O)(=O)c1ccc(Cn2cc(CCC(=O)c3ccccc3)c3cc(Br)ccc3c2=O)cc1. The normalized spacial score (nSPS) is 11.4. The van der Waals surface area contributed by atoms with Crippen molar-refractivity contribution in [3.8, 4) is 0 Å². The Labute approximate surface area is 217 Å². The van der Waals surface area contributed by atoms with Crippen molar-refractivity contribution in [2.24, 2.45) is 0 Å². The third kappa shape index (κ3) is 5.80. The minimum atomic E-state index is -3.94. The molecular weight excluding hydrogens is 544 g/mol. The summed E-state index contributed by atoms with van der Waals surface area (Å²) in [7, 11) is -3.94. The van der Waals surface area contributed by atoms with Crippen LogP contribution >= 0.6 is 15.9 Å². The summed E-state index contributed by atoms with van der Waals surface area (Å²) in [5.41, 5.74) is 2.03. The zero-order chi connectivity index (χ0) is 25.9. The van der Waals surface area contributed by atoms with E-state index in [0.29, 0.717) is 29.4 Å². The molecule has 3 aromatic carbocycles. The molecule has 0 spiro atoms. The van der Waals surface area contributed by atoms with Crippen molar-refractivity contribution in [2.45, 2.75) is 31.2 Å². The molecule has 36 heavy (non-hydrogen) atoms. The van der Waals surface area contributed by atoms with E-state index in [-0.39, 0.29) is 22.8 Å². The van der Waals surface area contributed by atoms with Gasteiger partial charge >= 0.3 is 0 Å². The number of pyridine rings is 1. The molecule has 0 aliphatic rings. The maximum atomic E-state index is 13.2. The monoisotopic (exact) mass is 566 g/mol. The molecule has 0 aliphatic carbocycles. The van der Waals surface area contributed by atoms with Crippen LogP contribution in [0.3, 0.4) is 0 Å². The maximum Gasteiger partial charge on any atom is 0.264 e. The first-order chi connectivity index (χ1) is 17.1. The first-order valence-corrected chi connectivity index (χ1v) is 13.4. The lowest BCUT2D eigenvalue weighted by atomic mass is 9.99. The molecule has 0 atom stereocenters. The molecule has 7 nitrogen and oxygen atoms in total. The van der Waals surface area contributed by atoms with Gasteiger partial charge in [0.25, 0.3) is 15.6 Å². The first-order valence-electron chi connectivity index (χ1n) is 11.2. The summed E-state index contributed by atoms with van der Waals surface area (Å²) >= 11 is 3.47. The number of amides is 1. The van der Waals surface area contributed by atoms with Crippen molar-refractivity contribution in [2.75, 3.05) is 0 Å². The fraction of sp³-hybridized carbons (Fsp3) is 0.148. The lowest BCUT2D eigenvalue weighted by Gasteiger charge is -2.13. The smallest absolute Gasteiger partial charge is 0.264 e. The highest BCUT2D eigenvalue weighted by molar-refractivity contribution is 9.10. The van der Waals surface area contributed by atoms with Crippen LogP contribution in [0.25, 0.3) is 10.8 Å². The fourth-order valence-electron chi connectivity index (χ4n) is 3.99. The molecule has 1 heterocycles. The lowest BCUT2D eigenvalue weighted by Crippen LogP contribution is -2.28. The van der Waals surface area contributed by atoms with Gasteiger partial charge in [0.2, 0.25) is 5.91 Å². The number of carbonyl (C=O) groups is 2. The number of aromatic nitrogens is 1. The van der Waals surface area contributed by atoms with Crippen LogP contribution in [-0.4, -0.2) is 24.7 Å². The zero-order valence-corrected chi connectivity index (χ0v) is 21.8. The molecular formula is C27H23BrN2O5S. The molecule has 0 radical (unpaired) electrons. The van der Waals surface area contributed by atoms with Gasteiger partial charge in [-0.3, -0.25) is 14.4 Å². The number of sulfonamides is 1. The van der Waals surface area contributed by atoms with Crippen LogP contribution in [0.1, 0.15) is 34.8 Å². The van der Waals surface area contributed by atoms with E-state index in [1.807, 2.05) is 29.0 Å². The highest BCUT2D eigenvalue weighted by atomic mass is 79.9. The molecule has 0 aliphatic heterocycles. The highest BCUT2D eigenvalue weighted by Crippen LogP contribution is 2.23. The number of carbonyl (C=O) groups excluding carboxylic acids is 2. The van der Waals surface area contributed by atoms with Gasteiger partial charge in [0.15, 0.2) is 5.78 Å². The van der Waals surface area contributed by atoms with E-state index in [4.69, 9.17) is 0 Å². The van der Waals surface area contributed by atoms with Gasteiger partial charge in [-0.05, 0) is 53.3 Å². The second kappa shape index (κ2) is 10.6. The third-order valence-corrected chi connectivity index (χ3v) is 7.65. The average molecular weight is 567 g/mol. The molecule has 1 amide bonds. The standard InChI is InChI=1S/C27H23BrN2O5S/c1-18(31)29-36(34,35)23-11-7-19(8-12-23)16-30-17-21(9-14-26(32)20-5-3-2-4-6-20)25-15-22(28)10-13-24(25)27(30)33/h2-8,10-13,15,17H,9,14,16H2,1H3,(H,29,31). The summed E-state index contributed by atoms with van der Waals surface area (Å²) < 4.78 is 28.7. The van der Waals surface area contributed by atoms with Gasteiger partial charge in [-0.15, -0.1) is 0 Å². The Morgan fingerprint density at radius 1 is 0.944 bits per heavy atom. The Hall–Kier alpha value is -3.56. The number of nitrogens with zero attached hydrogens (tertiary/aromatic N) is 1. The van der Waals surface area contributed by atoms with Gasteiger partial charge in [-0.25, -0.2) is 13.1 Å². The van der Waals surface area contributed by atoms with Gasteiger partial charge < -0.3 is 4.57 Å². The van der Waals surface area contributed by atoms with Gasteiger partial charge in [0.1, 0.15) is 0 Å². The quantitative estimate of drug-likeness (QED) is 0.317. The number of nitrogens with one attached hydrogen (secondary N) is 1. The summed E-state index contributed by atoms with van der Waals surface area (Å²) in [6.07, 6.45) is 2.51. The fourth-order valence-corrected chi connectivity index (χ4v) is 5.34. The second-order valence-electron chi connectivity index (χ2n) is 8.37. The van der Waals surface area contributed by atoms with Gasteiger partial charge in [-0.2, -0.15) is 0 Å². The summed E-state index contributed by atoms with van der Waals surface area (Å²) in [5, 5.41) is 1.32. The predicted octanol–water partition coefficient (Wildman–Crippen LogP) is 4.45. The number of fused-ring (bicyclic) bond motifs is 1. The van der Waals surface area contributed by atoms with Crippen molar-refractivity contribution < 1.29 is 18.0 Å². The minimum Gasteiger partial charge on any atom is -0.310 e. The summed E-state index contributed by atoms with van der Waals surface area (Å²) in [5.74, 6) is -0.654. The second-order valence-corrected chi connectivity index (χ2v) is 11.0. The van der Waals surface area contributed by atoms with E-state index < -0.39 is 15.9 Å². The van der Waals surface area contributed by atoms with Crippen molar-refractivity contribution in [1.29, 1.82) is 0 Å². The number of halogens is 1. The van der Waals surface area contributed by atoms with Gasteiger partial charge in [0.05, 0.1) is 11.4 Å². The molecule has 1 aromatic heterocycles. The summed E-state index contributed by atoms with van der Waals surface area (Å²) in [4.78, 5) is 37.0. The van der Waals surface area contributed by atoms with Crippen LogP contribution in [0.5, 0.6) is 0 Å². The summed E-state index contributed by atoms with van der Waals surface area (Å²) in [6.45, 7) is 1.34. The Morgan fingerprint density at radius 2 is 1.64 bits per heavy atom. The van der Waals surface area contributed by atoms with Crippen molar-refractivity contribution in [3.05, 3.63) is 111 Å². The van der Waals surface area contributed by atoms with Crippen LogP contribution in [0.15, 0.2) is 93.2 Å². The first kappa shape index (κ1) is 25.5. The Morgan fingerprint density at radius 3 is 2.31 bits per heavy atom. The number of Topliss-reactive ketones (excluding diaryl/α,β-unsaturated/α-hetero) is 1. The maximum absolute atomic E-state index is 13.2. The number of ketones is 1. The summed E-state index contributed by atoms with van der Waals surface area (Å²) in [6, 6.07) is 20.5. The van der Waals surface area contributed by atoms with Crippen LogP contribution < -0.4 is 10.3 Å². The van der Waals surface area contributed by atoms with E-state index >= 15 is 0 Å². The van der Waals surface area contributed by atoms with E-state index in [1.54, 1.807) is 47.2 Å². The van der Waals surface area contributed by atoms with E-state index in [2.05, 4.69) is 15.9 Å². The molecule has 0 saturated heterocycles. The molecule has 0 fully saturated rings. The Kier molecular flexibility index (Phi) is 7.51. The van der Waals surface area contributed by atoms with Crippen molar-refractivity contribution >= 4 is 48.4 Å². The largest absolute Gasteiger partial charge is 0.310 e. The number of benzene rings is 3. The molecule has 4 aromatic rings. The Bertz CT molecular complexity index is 1610. The third-order valence-electron chi connectivity index (χ3n) is 5.71. The topological polar surface area (TPSA) is 102 Å². The molecule has 0 bridgehead atoms. The van der Waals surface area contributed by atoms with E-state index in [9.17, 15) is 22.8 Å². The lowest BCUT2D eigenvalue weighted by molar-refractivity contribution is -0.117. The molecule has 9 heteroatoms. The molecule has 1 N–H and O–H groups in total. The molecule has 0 unspecified atom stereocenters. The van der Waals surface area contributed by atoms with Crippen LogP contribution in [0, 0.1) is 0 Å². The van der Waals surface area contributed by atoms with Gasteiger partial charge in [0, 0.05) is 35.0 Å². The van der Waals surface area contributed by atoms with Crippen LogP contribution in [0.2, 0.25) is 0 Å². The van der Waals surface area contributed by atoms with E-state index in [1.165, 1.54) is 12.1 Å². The average Bonchev–Trinajstić information content (AvgIpc) is 2.85. The van der Waals surface area contributed by atoms with E-state index in [0.717, 1.165) is 22.3 Å². The van der Waals surface area contributed by atoms with Crippen molar-refractivity contribution in [3.63, 3.8) is 0 Å². The van der Waals surface area contributed by atoms with Crippen LogP contribution in [0.4, 0.5) is 0 Å². The number of rotatable bonds is 8. The highest BCUT2D eigenvalue weighted by Gasteiger charge is 2.16. The number of aryl methyl sites for hydroxylation is 1. The number of hydrogen-bond donors (Lipinski definition) is 1. The Balaban J connectivity index is 1.65. The van der Waals surface area contributed by atoms with Gasteiger partial charge in [-0.1, -0.05) is 58.4 Å².